The highest BCUT2D eigenvalue weighted by Gasteiger charge is 2.28. The van der Waals surface area contributed by atoms with Crippen LogP contribution in [0.1, 0.15) is 12.8 Å². The summed E-state index contributed by atoms with van der Waals surface area (Å²) in [6.45, 7) is 1.20. The number of anilines is 1. The van der Waals surface area contributed by atoms with E-state index >= 15 is 0 Å². The van der Waals surface area contributed by atoms with E-state index in [1.54, 1.807) is 23.2 Å². The van der Waals surface area contributed by atoms with E-state index in [4.69, 9.17) is 4.74 Å². The number of aromatic nitrogens is 1. The molecule has 108 valence electrons. The van der Waals surface area contributed by atoms with E-state index in [2.05, 4.69) is 10.3 Å². The maximum Gasteiger partial charge on any atom is 0.248 e. The van der Waals surface area contributed by atoms with Gasteiger partial charge < -0.3 is 15.0 Å². The fourth-order valence-electron chi connectivity index (χ4n) is 2.30. The van der Waals surface area contributed by atoms with Crippen LogP contribution in [-0.4, -0.2) is 48.5 Å². The summed E-state index contributed by atoms with van der Waals surface area (Å²) in [7, 11) is 1.49. The zero-order chi connectivity index (χ0) is 14.4. The van der Waals surface area contributed by atoms with Crippen molar-refractivity contribution < 1.29 is 14.3 Å². The summed E-state index contributed by atoms with van der Waals surface area (Å²) in [6, 6.07) is 5.36. The molecule has 0 aromatic carbocycles. The van der Waals surface area contributed by atoms with E-state index in [-0.39, 0.29) is 24.3 Å². The molecule has 1 fully saturated rings. The molecule has 1 atom stereocenters. The highest BCUT2D eigenvalue weighted by atomic mass is 16.5. The number of rotatable bonds is 4. The standard InChI is InChI=1S/C14H19N3O3/c1-20-10-13(18)17-8-4-5-11(9-17)14(19)16-12-6-2-3-7-15-12/h2-3,6-7,11H,4-5,8-10H2,1H3,(H,15,16,19). The summed E-state index contributed by atoms with van der Waals surface area (Å²) in [4.78, 5) is 29.7. The Morgan fingerprint density at radius 2 is 2.35 bits per heavy atom. The normalized spacial score (nSPS) is 18.6. The van der Waals surface area contributed by atoms with Crippen LogP contribution in [-0.2, 0) is 14.3 Å². The van der Waals surface area contributed by atoms with Gasteiger partial charge in [-0.1, -0.05) is 6.07 Å². The third kappa shape index (κ3) is 3.77. The van der Waals surface area contributed by atoms with E-state index in [1.165, 1.54) is 7.11 Å². The number of ether oxygens (including phenoxy) is 1. The zero-order valence-electron chi connectivity index (χ0n) is 11.5. The molecule has 1 aromatic heterocycles. The second kappa shape index (κ2) is 7.00. The molecule has 0 aliphatic carbocycles. The Balaban J connectivity index is 1.91. The molecule has 6 heteroatoms. The van der Waals surface area contributed by atoms with Gasteiger partial charge in [-0.3, -0.25) is 9.59 Å². The van der Waals surface area contributed by atoms with Crippen molar-refractivity contribution in [2.45, 2.75) is 12.8 Å². The van der Waals surface area contributed by atoms with Gasteiger partial charge in [0.25, 0.3) is 0 Å². The molecular weight excluding hydrogens is 258 g/mol. The Kier molecular flexibility index (Phi) is 5.06. The second-order valence-electron chi connectivity index (χ2n) is 4.82. The molecule has 6 nitrogen and oxygen atoms in total. The number of piperidine rings is 1. The minimum atomic E-state index is -0.188. The lowest BCUT2D eigenvalue weighted by Crippen LogP contribution is -2.45. The Morgan fingerprint density at radius 3 is 3.05 bits per heavy atom. The number of carbonyl (C=O) groups excluding carboxylic acids is 2. The molecule has 0 bridgehead atoms. The molecule has 1 aromatic rings. The highest BCUT2D eigenvalue weighted by Crippen LogP contribution is 2.18. The van der Waals surface area contributed by atoms with E-state index in [9.17, 15) is 9.59 Å². The second-order valence-corrected chi connectivity index (χ2v) is 4.82. The van der Waals surface area contributed by atoms with Crippen LogP contribution in [0.4, 0.5) is 5.82 Å². The van der Waals surface area contributed by atoms with Crippen LogP contribution in [0.25, 0.3) is 0 Å². The molecule has 0 saturated carbocycles. The number of nitrogens with zero attached hydrogens (tertiary/aromatic N) is 2. The third-order valence-corrected chi connectivity index (χ3v) is 3.33. The van der Waals surface area contributed by atoms with Crippen LogP contribution in [0.2, 0.25) is 0 Å². The summed E-state index contributed by atoms with van der Waals surface area (Å²) in [5.41, 5.74) is 0. The molecule has 0 spiro atoms. The number of pyridine rings is 1. The Labute approximate surface area is 118 Å². The highest BCUT2D eigenvalue weighted by molar-refractivity contribution is 5.92. The van der Waals surface area contributed by atoms with Crippen LogP contribution >= 0.6 is 0 Å². The first-order valence-electron chi connectivity index (χ1n) is 6.69. The van der Waals surface area contributed by atoms with Gasteiger partial charge in [-0.05, 0) is 25.0 Å². The van der Waals surface area contributed by atoms with E-state index in [1.807, 2.05) is 6.07 Å². The smallest absolute Gasteiger partial charge is 0.248 e. The fourth-order valence-corrected chi connectivity index (χ4v) is 2.30. The van der Waals surface area contributed by atoms with Gasteiger partial charge in [0.15, 0.2) is 0 Å². The number of amides is 2. The summed E-state index contributed by atoms with van der Waals surface area (Å²) >= 11 is 0. The SMILES string of the molecule is COCC(=O)N1CCCC(C(=O)Nc2ccccn2)C1. The summed E-state index contributed by atoms with van der Waals surface area (Å²) in [5, 5.41) is 2.78. The molecule has 1 N–H and O–H groups in total. The van der Waals surface area contributed by atoms with Crippen molar-refractivity contribution in [1.29, 1.82) is 0 Å². The van der Waals surface area contributed by atoms with Gasteiger partial charge in [0.05, 0.1) is 5.92 Å². The lowest BCUT2D eigenvalue weighted by molar-refractivity contribution is -0.138. The monoisotopic (exact) mass is 277 g/mol. The number of nitrogens with one attached hydrogen (secondary N) is 1. The average molecular weight is 277 g/mol. The minimum absolute atomic E-state index is 0.0641. The van der Waals surface area contributed by atoms with Crippen molar-refractivity contribution in [3.05, 3.63) is 24.4 Å². The molecule has 2 rings (SSSR count). The summed E-state index contributed by atoms with van der Waals surface area (Å²) in [5.74, 6) is 0.200. The van der Waals surface area contributed by atoms with Crippen molar-refractivity contribution in [3.63, 3.8) is 0 Å². The van der Waals surface area contributed by atoms with Crippen LogP contribution in [0, 0.1) is 5.92 Å². The number of likely N-dealkylation sites (tertiary alicyclic amines) is 1. The van der Waals surface area contributed by atoms with Crippen LogP contribution in [0.5, 0.6) is 0 Å². The maximum absolute atomic E-state index is 12.2. The quantitative estimate of drug-likeness (QED) is 0.887. The first kappa shape index (κ1) is 14.5. The van der Waals surface area contributed by atoms with Gasteiger partial charge in [0, 0.05) is 26.4 Å². The van der Waals surface area contributed by atoms with Gasteiger partial charge in [-0.25, -0.2) is 4.98 Å². The lowest BCUT2D eigenvalue weighted by atomic mass is 9.97. The Bertz CT molecular complexity index is 464. The topological polar surface area (TPSA) is 71.5 Å². The van der Waals surface area contributed by atoms with Crippen molar-refractivity contribution in [1.82, 2.24) is 9.88 Å². The van der Waals surface area contributed by atoms with E-state index in [0.717, 1.165) is 12.8 Å². The van der Waals surface area contributed by atoms with Crippen LogP contribution in [0.15, 0.2) is 24.4 Å². The first-order valence-corrected chi connectivity index (χ1v) is 6.69. The third-order valence-electron chi connectivity index (χ3n) is 3.33. The molecule has 20 heavy (non-hydrogen) atoms. The Morgan fingerprint density at radius 1 is 1.50 bits per heavy atom. The number of hydrogen-bond acceptors (Lipinski definition) is 4. The van der Waals surface area contributed by atoms with Crippen LogP contribution in [0.3, 0.4) is 0 Å². The number of hydrogen-bond donors (Lipinski definition) is 1. The fraction of sp³-hybridized carbons (Fsp3) is 0.500. The number of methoxy groups -OCH3 is 1. The molecule has 1 unspecified atom stereocenters. The molecule has 1 aliphatic heterocycles. The molecule has 0 radical (unpaired) electrons. The predicted octanol–water partition coefficient (Wildman–Crippen LogP) is 0.905. The predicted molar refractivity (Wildman–Crippen MR) is 74.0 cm³/mol. The van der Waals surface area contributed by atoms with Gasteiger partial charge in [-0.15, -0.1) is 0 Å². The van der Waals surface area contributed by atoms with Crippen molar-refractivity contribution >= 4 is 17.6 Å². The summed E-state index contributed by atoms with van der Waals surface area (Å²) in [6.07, 6.45) is 3.25. The minimum Gasteiger partial charge on any atom is -0.375 e. The van der Waals surface area contributed by atoms with E-state index in [0.29, 0.717) is 18.9 Å². The maximum atomic E-state index is 12.2. The first-order chi connectivity index (χ1) is 9.70. The molecule has 1 saturated heterocycles. The van der Waals surface area contributed by atoms with Gasteiger partial charge >= 0.3 is 0 Å². The van der Waals surface area contributed by atoms with Crippen molar-refractivity contribution in [3.8, 4) is 0 Å². The largest absolute Gasteiger partial charge is 0.375 e. The number of carbonyl (C=O) groups is 2. The zero-order valence-corrected chi connectivity index (χ0v) is 11.5. The lowest BCUT2D eigenvalue weighted by Gasteiger charge is -2.31. The Hall–Kier alpha value is -1.95. The molecule has 2 amide bonds. The van der Waals surface area contributed by atoms with Gasteiger partial charge in [-0.2, -0.15) is 0 Å². The van der Waals surface area contributed by atoms with Crippen molar-refractivity contribution in [2.24, 2.45) is 5.92 Å². The van der Waals surface area contributed by atoms with Gasteiger partial charge in [0.2, 0.25) is 11.8 Å². The van der Waals surface area contributed by atoms with Gasteiger partial charge in [0.1, 0.15) is 12.4 Å². The molecule has 2 heterocycles. The molecule has 1 aliphatic rings. The van der Waals surface area contributed by atoms with Crippen molar-refractivity contribution in [2.75, 3.05) is 32.1 Å². The van der Waals surface area contributed by atoms with Crippen LogP contribution < -0.4 is 5.32 Å². The molecular formula is C14H19N3O3. The average Bonchev–Trinajstić information content (AvgIpc) is 2.48. The van der Waals surface area contributed by atoms with E-state index < -0.39 is 0 Å². The summed E-state index contributed by atoms with van der Waals surface area (Å²) < 4.78 is 4.85.